The monoisotopic (exact) mass is 279 g/mol. The Hall–Kier alpha value is -1.20. The van der Waals surface area contributed by atoms with Crippen LogP contribution in [0.4, 0.5) is 5.69 Å². The van der Waals surface area contributed by atoms with Crippen LogP contribution in [0.2, 0.25) is 0 Å². The van der Waals surface area contributed by atoms with Gasteiger partial charge >= 0.3 is 0 Å². The molecule has 1 fully saturated rings. The number of hydrogen-bond acceptors (Lipinski definition) is 3. The van der Waals surface area contributed by atoms with E-state index in [1.54, 1.807) is 11.8 Å². The van der Waals surface area contributed by atoms with E-state index >= 15 is 0 Å². The number of nitrogens with one attached hydrogen (secondary N) is 1. The highest BCUT2D eigenvalue weighted by molar-refractivity contribution is 7.99. The topological polar surface area (TPSA) is 70.6 Å². The van der Waals surface area contributed by atoms with Crippen molar-refractivity contribution in [2.75, 3.05) is 23.4 Å². The molecule has 4 N–H and O–H groups in total. The molecule has 19 heavy (non-hydrogen) atoms. The first-order valence-electron chi connectivity index (χ1n) is 6.43. The molecule has 1 aliphatic rings. The summed E-state index contributed by atoms with van der Waals surface area (Å²) in [6, 6.07) is 6.06. The maximum atomic E-state index is 10.2. The molecule has 0 saturated carbocycles. The van der Waals surface area contributed by atoms with E-state index in [-0.39, 0.29) is 0 Å². The Kier molecular flexibility index (Phi) is 4.37. The van der Waals surface area contributed by atoms with Crippen LogP contribution in [0.15, 0.2) is 23.2 Å². The molecule has 0 aliphatic carbocycles. The van der Waals surface area contributed by atoms with Gasteiger partial charge in [-0.15, -0.1) is 0 Å². The molecule has 1 unspecified atom stereocenters. The third-order valence-electron chi connectivity index (χ3n) is 3.41. The van der Waals surface area contributed by atoms with Crippen LogP contribution < -0.4 is 11.1 Å². The van der Waals surface area contributed by atoms with E-state index in [0.29, 0.717) is 12.5 Å². The number of guanidine groups is 1. The Morgan fingerprint density at radius 2 is 2.26 bits per heavy atom. The molecule has 4 nitrogen and oxygen atoms in total. The number of thioether (sulfide) groups is 1. The quantitative estimate of drug-likeness (QED) is 0.584. The van der Waals surface area contributed by atoms with Crippen LogP contribution in [-0.4, -0.2) is 34.7 Å². The van der Waals surface area contributed by atoms with Crippen molar-refractivity contribution >= 4 is 23.4 Å². The molecule has 104 valence electrons. The second kappa shape index (κ2) is 5.84. The number of hydrogen-bond donors (Lipinski definition) is 3. The maximum absolute atomic E-state index is 10.2. The molecule has 5 heteroatoms. The molecule has 1 aromatic carbocycles. The first-order valence-corrected chi connectivity index (χ1v) is 7.58. The minimum absolute atomic E-state index is 0.355. The van der Waals surface area contributed by atoms with Crippen LogP contribution in [0, 0.1) is 13.8 Å². The van der Waals surface area contributed by atoms with Gasteiger partial charge in [0.05, 0.1) is 12.1 Å². The highest BCUT2D eigenvalue weighted by Gasteiger charge is 2.31. The van der Waals surface area contributed by atoms with Crippen molar-refractivity contribution in [3.05, 3.63) is 29.3 Å². The highest BCUT2D eigenvalue weighted by Crippen LogP contribution is 2.27. The summed E-state index contributed by atoms with van der Waals surface area (Å²) in [6.45, 7) is 4.50. The SMILES string of the molecule is Cc1ccc(NC(N)=NCC2(O)CCSC2)cc1C. The average molecular weight is 279 g/mol. The number of benzene rings is 1. The molecule has 0 aromatic heterocycles. The number of aliphatic hydroxyl groups is 1. The van der Waals surface area contributed by atoms with Crippen LogP contribution >= 0.6 is 11.8 Å². The van der Waals surface area contributed by atoms with E-state index in [1.807, 2.05) is 18.2 Å². The molecule has 0 amide bonds. The second-order valence-electron chi connectivity index (χ2n) is 5.15. The number of anilines is 1. The molecule has 1 aliphatic heterocycles. The smallest absolute Gasteiger partial charge is 0.193 e. The van der Waals surface area contributed by atoms with Crippen molar-refractivity contribution in [3.8, 4) is 0 Å². The Morgan fingerprint density at radius 3 is 2.89 bits per heavy atom. The lowest BCUT2D eigenvalue weighted by Gasteiger charge is -2.18. The van der Waals surface area contributed by atoms with Crippen LogP contribution in [0.25, 0.3) is 0 Å². The van der Waals surface area contributed by atoms with Crippen molar-refractivity contribution in [1.29, 1.82) is 0 Å². The van der Waals surface area contributed by atoms with Gasteiger partial charge in [-0.25, -0.2) is 0 Å². The van der Waals surface area contributed by atoms with Gasteiger partial charge in [-0.1, -0.05) is 6.07 Å². The Bertz CT molecular complexity index is 482. The Morgan fingerprint density at radius 1 is 1.47 bits per heavy atom. The summed E-state index contributed by atoms with van der Waals surface area (Å²) in [5.74, 6) is 2.10. The average Bonchev–Trinajstić information content (AvgIpc) is 2.79. The zero-order chi connectivity index (χ0) is 13.9. The normalized spacial score (nSPS) is 23.6. The lowest BCUT2D eigenvalue weighted by atomic mass is 10.1. The van der Waals surface area contributed by atoms with Gasteiger partial charge in [0.1, 0.15) is 0 Å². The van der Waals surface area contributed by atoms with Crippen LogP contribution in [0.1, 0.15) is 17.5 Å². The van der Waals surface area contributed by atoms with E-state index < -0.39 is 5.60 Å². The second-order valence-corrected chi connectivity index (χ2v) is 6.26. The van der Waals surface area contributed by atoms with E-state index in [4.69, 9.17) is 5.73 Å². The number of nitrogens with zero attached hydrogens (tertiary/aromatic N) is 1. The molecule has 0 bridgehead atoms. The summed E-state index contributed by atoms with van der Waals surface area (Å²) in [5.41, 5.74) is 8.56. The lowest BCUT2D eigenvalue weighted by molar-refractivity contribution is 0.0780. The van der Waals surface area contributed by atoms with Gasteiger partial charge in [-0.3, -0.25) is 4.99 Å². The summed E-state index contributed by atoms with van der Waals surface area (Å²) < 4.78 is 0. The largest absolute Gasteiger partial charge is 0.387 e. The van der Waals surface area contributed by atoms with Crippen molar-refractivity contribution in [2.45, 2.75) is 25.9 Å². The van der Waals surface area contributed by atoms with E-state index in [1.165, 1.54) is 11.1 Å². The lowest BCUT2D eigenvalue weighted by Crippen LogP contribution is -2.34. The number of rotatable bonds is 3. The van der Waals surface area contributed by atoms with Crippen LogP contribution in [0.5, 0.6) is 0 Å². The van der Waals surface area contributed by atoms with Crippen molar-refractivity contribution in [1.82, 2.24) is 0 Å². The van der Waals surface area contributed by atoms with Gasteiger partial charge in [-0.05, 0) is 49.3 Å². The van der Waals surface area contributed by atoms with E-state index in [9.17, 15) is 5.11 Å². The minimum Gasteiger partial charge on any atom is -0.387 e. The van der Waals surface area contributed by atoms with Gasteiger partial charge in [0.15, 0.2) is 5.96 Å². The Labute approximate surface area is 118 Å². The van der Waals surface area contributed by atoms with Gasteiger partial charge < -0.3 is 16.2 Å². The fourth-order valence-electron chi connectivity index (χ4n) is 1.96. The molecule has 0 radical (unpaired) electrons. The third kappa shape index (κ3) is 3.88. The zero-order valence-electron chi connectivity index (χ0n) is 11.4. The predicted octanol–water partition coefficient (Wildman–Crippen LogP) is 1.90. The first-order chi connectivity index (χ1) is 8.98. The van der Waals surface area contributed by atoms with Crippen molar-refractivity contribution in [3.63, 3.8) is 0 Å². The number of aliphatic imine (C=N–C) groups is 1. The third-order valence-corrected chi connectivity index (χ3v) is 4.64. The number of aryl methyl sites for hydroxylation is 2. The fraction of sp³-hybridized carbons (Fsp3) is 0.500. The van der Waals surface area contributed by atoms with Gasteiger partial charge in [0, 0.05) is 11.4 Å². The fourth-order valence-corrected chi connectivity index (χ4v) is 3.24. The maximum Gasteiger partial charge on any atom is 0.193 e. The molecule has 1 atom stereocenters. The van der Waals surface area contributed by atoms with Gasteiger partial charge in [0.2, 0.25) is 0 Å². The molecule has 0 spiro atoms. The predicted molar refractivity (Wildman–Crippen MR) is 82.9 cm³/mol. The standard InChI is InChI=1S/C14H21N3OS/c1-10-3-4-12(7-11(10)2)17-13(15)16-8-14(18)5-6-19-9-14/h3-4,7,18H,5-6,8-9H2,1-2H3,(H3,15,16,17). The summed E-state index contributed by atoms with van der Waals surface area (Å²) in [7, 11) is 0. The summed E-state index contributed by atoms with van der Waals surface area (Å²) >= 11 is 1.76. The summed E-state index contributed by atoms with van der Waals surface area (Å²) in [6.07, 6.45) is 0.790. The zero-order valence-corrected chi connectivity index (χ0v) is 12.3. The van der Waals surface area contributed by atoms with Gasteiger partial charge in [0.25, 0.3) is 0 Å². The minimum atomic E-state index is -0.680. The molecule has 1 saturated heterocycles. The Balaban J connectivity index is 1.96. The highest BCUT2D eigenvalue weighted by atomic mass is 32.2. The van der Waals surface area contributed by atoms with Crippen molar-refractivity contribution in [2.24, 2.45) is 10.7 Å². The molecular weight excluding hydrogens is 258 g/mol. The summed E-state index contributed by atoms with van der Waals surface area (Å²) in [4.78, 5) is 4.25. The van der Waals surface area contributed by atoms with E-state index in [0.717, 1.165) is 23.6 Å². The molecule has 1 aromatic rings. The molecule has 1 heterocycles. The summed E-state index contributed by atoms with van der Waals surface area (Å²) in [5, 5.41) is 13.2. The van der Waals surface area contributed by atoms with Crippen LogP contribution in [0.3, 0.4) is 0 Å². The number of nitrogens with two attached hydrogens (primary N) is 1. The van der Waals surface area contributed by atoms with Crippen molar-refractivity contribution < 1.29 is 5.11 Å². The van der Waals surface area contributed by atoms with Gasteiger partial charge in [-0.2, -0.15) is 11.8 Å². The first kappa shape index (κ1) is 14.2. The van der Waals surface area contributed by atoms with E-state index in [2.05, 4.69) is 24.2 Å². The molecule has 2 rings (SSSR count). The van der Waals surface area contributed by atoms with Crippen LogP contribution in [-0.2, 0) is 0 Å². The molecular formula is C14H21N3OS.